The van der Waals surface area contributed by atoms with Crippen molar-refractivity contribution in [2.75, 3.05) is 0 Å². The largest absolute Gasteiger partial charge is 0.343 e. The predicted octanol–water partition coefficient (Wildman–Crippen LogP) is 2.48. The highest BCUT2D eigenvalue weighted by molar-refractivity contribution is 7.08. The van der Waals surface area contributed by atoms with Crippen molar-refractivity contribution in [1.29, 1.82) is 5.26 Å². The van der Waals surface area contributed by atoms with Gasteiger partial charge in [-0.2, -0.15) is 16.6 Å². The molecule has 1 fully saturated rings. The van der Waals surface area contributed by atoms with E-state index in [-0.39, 0.29) is 17.9 Å². The van der Waals surface area contributed by atoms with Crippen LogP contribution in [-0.2, 0) is 5.54 Å². The first-order chi connectivity index (χ1) is 10.6. The summed E-state index contributed by atoms with van der Waals surface area (Å²) in [5.74, 6) is 0.0564. The van der Waals surface area contributed by atoms with Crippen LogP contribution in [0.2, 0.25) is 0 Å². The van der Waals surface area contributed by atoms with Gasteiger partial charge in [0.05, 0.1) is 23.9 Å². The Balaban J connectivity index is 1.80. The second-order valence-electron chi connectivity index (χ2n) is 5.94. The van der Waals surface area contributed by atoms with E-state index in [1.54, 1.807) is 16.9 Å². The van der Waals surface area contributed by atoms with Crippen molar-refractivity contribution in [3.63, 3.8) is 0 Å². The van der Waals surface area contributed by atoms with Crippen LogP contribution in [0.1, 0.15) is 48.8 Å². The molecule has 6 nitrogen and oxygen atoms in total. The summed E-state index contributed by atoms with van der Waals surface area (Å²) in [6.45, 7) is 4.05. The molecule has 1 aliphatic carbocycles. The van der Waals surface area contributed by atoms with Gasteiger partial charge in [0.2, 0.25) is 0 Å². The van der Waals surface area contributed by atoms with Crippen LogP contribution in [0.15, 0.2) is 23.0 Å². The number of carbonyl (C=O) groups is 1. The van der Waals surface area contributed by atoms with E-state index in [0.717, 1.165) is 12.8 Å². The number of thiophene rings is 1. The number of nitrogens with one attached hydrogen (secondary N) is 1. The second kappa shape index (κ2) is 5.54. The van der Waals surface area contributed by atoms with Gasteiger partial charge in [0.1, 0.15) is 5.69 Å². The number of carbonyl (C=O) groups excluding carboxylic acids is 1. The molecule has 2 heterocycles. The number of aromatic nitrogens is 3. The van der Waals surface area contributed by atoms with E-state index < -0.39 is 5.54 Å². The van der Waals surface area contributed by atoms with Gasteiger partial charge in [0.25, 0.3) is 5.91 Å². The minimum Gasteiger partial charge on any atom is -0.343 e. The van der Waals surface area contributed by atoms with Gasteiger partial charge in [-0.25, -0.2) is 4.68 Å². The predicted molar refractivity (Wildman–Crippen MR) is 82.2 cm³/mol. The fraction of sp³-hybridized carbons (Fsp3) is 0.467. The zero-order valence-electron chi connectivity index (χ0n) is 12.5. The lowest BCUT2D eigenvalue weighted by Crippen LogP contribution is -2.31. The Morgan fingerprint density at radius 2 is 2.32 bits per heavy atom. The van der Waals surface area contributed by atoms with Crippen molar-refractivity contribution >= 4 is 17.2 Å². The van der Waals surface area contributed by atoms with Crippen LogP contribution in [-0.4, -0.2) is 20.9 Å². The summed E-state index contributed by atoms with van der Waals surface area (Å²) < 4.78 is 1.63. The third-order valence-electron chi connectivity index (χ3n) is 3.94. The second-order valence-corrected chi connectivity index (χ2v) is 6.72. The average Bonchev–Trinajstić information content (AvgIpc) is 2.95. The molecular formula is C15H17N5OS. The molecule has 0 aliphatic heterocycles. The van der Waals surface area contributed by atoms with Gasteiger partial charge < -0.3 is 5.32 Å². The first-order valence-electron chi connectivity index (χ1n) is 7.23. The SMILES string of the molecule is CC(C)C(NC(=O)c1ccsc1)c1cn(C2(C#N)CC2)nn1. The van der Waals surface area contributed by atoms with Crippen molar-refractivity contribution in [3.05, 3.63) is 34.3 Å². The lowest BCUT2D eigenvalue weighted by atomic mass is 10.0. The smallest absolute Gasteiger partial charge is 0.252 e. The number of amides is 1. The lowest BCUT2D eigenvalue weighted by Gasteiger charge is -2.19. The van der Waals surface area contributed by atoms with Crippen molar-refractivity contribution in [3.8, 4) is 6.07 Å². The number of hydrogen-bond donors (Lipinski definition) is 1. The first-order valence-corrected chi connectivity index (χ1v) is 8.17. The molecule has 0 radical (unpaired) electrons. The summed E-state index contributed by atoms with van der Waals surface area (Å²) in [4.78, 5) is 12.3. The van der Waals surface area contributed by atoms with Crippen LogP contribution in [0, 0.1) is 17.2 Å². The van der Waals surface area contributed by atoms with Crippen LogP contribution in [0.4, 0.5) is 0 Å². The number of hydrogen-bond acceptors (Lipinski definition) is 5. The molecular weight excluding hydrogens is 298 g/mol. The van der Waals surface area contributed by atoms with Crippen molar-refractivity contribution in [2.45, 2.75) is 38.3 Å². The topological polar surface area (TPSA) is 83.6 Å². The molecule has 1 N–H and O–H groups in total. The fourth-order valence-corrected chi connectivity index (χ4v) is 2.98. The highest BCUT2D eigenvalue weighted by Crippen LogP contribution is 2.42. The Morgan fingerprint density at radius 1 is 1.55 bits per heavy atom. The molecule has 0 aromatic carbocycles. The molecule has 0 spiro atoms. The highest BCUT2D eigenvalue weighted by Gasteiger charge is 2.46. The molecule has 0 bridgehead atoms. The maximum absolute atomic E-state index is 12.3. The maximum Gasteiger partial charge on any atom is 0.252 e. The first kappa shape index (κ1) is 14.7. The van der Waals surface area contributed by atoms with Gasteiger partial charge >= 0.3 is 0 Å². The Hall–Kier alpha value is -2.20. The Labute approximate surface area is 132 Å². The molecule has 22 heavy (non-hydrogen) atoms. The number of nitrogens with zero attached hydrogens (tertiary/aromatic N) is 4. The van der Waals surface area contributed by atoms with Crippen LogP contribution < -0.4 is 5.32 Å². The summed E-state index contributed by atoms with van der Waals surface area (Å²) >= 11 is 1.49. The molecule has 2 aromatic rings. The Kier molecular flexibility index (Phi) is 3.71. The molecule has 1 unspecified atom stereocenters. The van der Waals surface area contributed by atoms with E-state index in [1.165, 1.54) is 11.3 Å². The van der Waals surface area contributed by atoms with Crippen LogP contribution >= 0.6 is 11.3 Å². The molecule has 7 heteroatoms. The molecule has 2 aromatic heterocycles. The normalized spacial score (nSPS) is 17.0. The Bertz CT molecular complexity index is 709. The van der Waals surface area contributed by atoms with E-state index in [2.05, 4.69) is 21.7 Å². The van der Waals surface area contributed by atoms with Crippen molar-refractivity contribution in [2.24, 2.45) is 5.92 Å². The number of rotatable bonds is 5. The molecule has 1 atom stereocenters. The van der Waals surface area contributed by atoms with E-state index in [1.807, 2.05) is 24.6 Å². The minimum atomic E-state index is -0.524. The molecule has 1 aliphatic rings. The van der Waals surface area contributed by atoms with Crippen LogP contribution in [0.25, 0.3) is 0 Å². The van der Waals surface area contributed by atoms with Gasteiger partial charge in [-0.3, -0.25) is 4.79 Å². The van der Waals surface area contributed by atoms with Gasteiger partial charge in [-0.05, 0) is 30.2 Å². The van der Waals surface area contributed by atoms with Gasteiger partial charge in [-0.1, -0.05) is 19.1 Å². The average molecular weight is 315 g/mol. The van der Waals surface area contributed by atoms with E-state index in [4.69, 9.17) is 0 Å². The minimum absolute atomic E-state index is 0.115. The molecule has 1 amide bonds. The van der Waals surface area contributed by atoms with E-state index >= 15 is 0 Å². The summed E-state index contributed by atoms with van der Waals surface area (Å²) in [6, 6.07) is 3.86. The van der Waals surface area contributed by atoms with Crippen LogP contribution in [0.3, 0.4) is 0 Å². The van der Waals surface area contributed by atoms with Gasteiger partial charge in [0, 0.05) is 5.38 Å². The van der Waals surface area contributed by atoms with Gasteiger partial charge in [0.15, 0.2) is 5.54 Å². The summed E-state index contributed by atoms with van der Waals surface area (Å²) in [5.41, 5.74) is 0.822. The molecule has 3 rings (SSSR count). The standard InChI is InChI=1S/C15H17N5OS/c1-10(2)13(17-14(21)11-3-6-22-8-11)12-7-20(19-18-12)15(9-16)4-5-15/h3,6-8,10,13H,4-5H2,1-2H3,(H,17,21). The van der Waals surface area contributed by atoms with Crippen molar-refractivity contribution in [1.82, 2.24) is 20.3 Å². The van der Waals surface area contributed by atoms with Crippen molar-refractivity contribution < 1.29 is 4.79 Å². The monoisotopic (exact) mass is 315 g/mol. The third kappa shape index (κ3) is 2.62. The van der Waals surface area contributed by atoms with Gasteiger partial charge in [-0.15, -0.1) is 5.10 Å². The maximum atomic E-state index is 12.3. The molecule has 0 saturated heterocycles. The number of nitriles is 1. The summed E-state index contributed by atoms with van der Waals surface area (Å²) in [5, 5.41) is 24.2. The third-order valence-corrected chi connectivity index (χ3v) is 4.62. The molecule has 1 saturated carbocycles. The molecule has 114 valence electrons. The quantitative estimate of drug-likeness (QED) is 0.918. The summed E-state index contributed by atoms with van der Waals surface area (Å²) in [6.07, 6.45) is 3.40. The highest BCUT2D eigenvalue weighted by atomic mass is 32.1. The fourth-order valence-electron chi connectivity index (χ4n) is 2.34. The van der Waals surface area contributed by atoms with Crippen LogP contribution in [0.5, 0.6) is 0 Å². The Morgan fingerprint density at radius 3 is 2.86 bits per heavy atom. The lowest BCUT2D eigenvalue weighted by molar-refractivity contribution is 0.0925. The zero-order valence-corrected chi connectivity index (χ0v) is 13.3. The van der Waals surface area contributed by atoms with E-state index in [0.29, 0.717) is 11.3 Å². The summed E-state index contributed by atoms with van der Waals surface area (Å²) in [7, 11) is 0. The zero-order chi connectivity index (χ0) is 15.7. The van der Waals surface area contributed by atoms with E-state index in [9.17, 15) is 10.1 Å².